The van der Waals surface area contributed by atoms with E-state index in [2.05, 4.69) is 5.32 Å². The monoisotopic (exact) mass is 308 g/mol. The lowest BCUT2D eigenvalue weighted by molar-refractivity contribution is -0.556. The van der Waals surface area contributed by atoms with Gasteiger partial charge in [0.25, 0.3) is 0 Å². The molecule has 1 aromatic carbocycles. The molecule has 0 aliphatic carbocycles. The molecule has 0 aliphatic rings. The van der Waals surface area contributed by atoms with Crippen molar-refractivity contribution < 1.29 is 19.6 Å². The maximum Gasteiger partial charge on any atom is 0.304 e. The van der Waals surface area contributed by atoms with Crippen LogP contribution in [-0.4, -0.2) is 33.9 Å². The van der Waals surface area contributed by atoms with Crippen LogP contribution in [-0.2, 0) is 4.79 Å². The Morgan fingerprint density at radius 2 is 1.86 bits per heavy atom. The highest BCUT2D eigenvalue weighted by atomic mass is 16.6. The Kier molecular flexibility index (Phi) is 5.62. The van der Waals surface area contributed by atoms with E-state index in [1.54, 1.807) is 31.2 Å². The first kappa shape index (κ1) is 17.6. The van der Waals surface area contributed by atoms with Crippen molar-refractivity contribution in [3.8, 4) is 0 Å². The number of aliphatic carboxylic acids is 1. The van der Waals surface area contributed by atoms with Crippen molar-refractivity contribution in [2.75, 3.05) is 11.9 Å². The van der Waals surface area contributed by atoms with Crippen LogP contribution in [0.15, 0.2) is 24.3 Å². The number of carboxylic acids is 1. The van der Waals surface area contributed by atoms with Gasteiger partial charge in [-0.2, -0.15) is 0 Å². The Morgan fingerprint density at radius 1 is 1.32 bits per heavy atom. The largest absolute Gasteiger partial charge is 0.481 e. The summed E-state index contributed by atoms with van der Waals surface area (Å²) in [6, 6.07) is 6.47. The van der Waals surface area contributed by atoms with E-state index >= 15 is 0 Å². The molecule has 0 radical (unpaired) electrons. The first-order valence-corrected chi connectivity index (χ1v) is 6.88. The molecule has 1 unspecified atom stereocenters. The molecule has 1 aromatic rings. The second-order valence-electron chi connectivity index (χ2n) is 5.86. The number of carbonyl (C=O) groups excluding carboxylic acids is 1. The van der Waals surface area contributed by atoms with Gasteiger partial charge in [-0.1, -0.05) is 6.92 Å². The topological polar surface area (TPSA) is 110 Å². The van der Waals surface area contributed by atoms with Crippen molar-refractivity contribution in [1.82, 2.24) is 0 Å². The predicted molar refractivity (Wildman–Crippen MR) is 81.8 cm³/mol. The van der Waals surface area contributed by atoms with Crippen LogP contribution in [0.1, 0.15) is 37.6 Å². The second-order valence-corrected chi connectivity index (χ2v) is 5.86. The quantitative estimate of drug-likeness (QED) is 0.433. The summed E-state index contributed by atoms with van der Waals surface area (Å²) < 4.78 is 0. The number of hydrogen-bond donors (Lipinski definition) is 2. The molecule has 0 spiro atoms. The maximum atomic E-state index is 12.0. The van der Waals surface area contributed by atoms with E-state index in [1.165, 1.54) is 13.8 Å². The van der Waals surface area contributed by atoms with Gasteiger partial charge in [0, 0.05) is 35.9 Å². The zero-order chi connectivity index (χ0) is 16.9. The van der Waals surface area contributed by atoms with Crippen LogP contribution in [0, 0.1) is 16.0 Å². The van der Waals surface area contributed by atoms with Crippen LogP contribution in [0.4, 0.5) is 5.69 Å². The van der Waals surface area contributed by atoms with Gasteiger partial charge in [-0.15, -0.1) is 0 Å². The van der Waals surface area contributed by atoms with Crippen LogP contribution in [0.2, 0.25) is 0 Å². The molecule has 0 amide bonds. The molecular weight excluding hydrogens is 288 g/mol. The normalized spacial score (nSPS) is 12.5. The standard InChI is InChI=1S/C15H20N2O5/c1-10(8-13(18)19)14(20)11-4-6-12(7-5-11)16-9-15(2,3)17(21)22/h4-7,10,16H,8-9H2,1-3H3,(H,18,19). The van der Waals surface area contributed by atoms with Gasteiger partial charge in [0.1, 0.15) is 0 Å². The summed E-state index contributed by atoms with van der Waals surface area (Å²) in [5, 5.41) is 22.5. The zero-order valence-electron chi connectivity index (χ0n) is 12.8. The lowest BCUT2D eigenvalue weighted by atomic mass is 9.96. The van der Waals surface area contributed by atoms with Crippen molar-refractivity contribution >= 4 is 17.4 Å². The summed E-state index contributed by atoms with van der Waals surface area (Å²) >= 11 is 0. The Bertz CT molecular complexity index is 566. The van der Waals surface area contributed by atoms with Gasteiger partial charge >= 0.3 is 5.97 Å². The third kappa shape index (κ3) is 4.83. The Labute approximate surface area is 128 Å². The predicted octanol–water partition coefficient (Wildman–Crippen LogP) is 2.45. The average Bonchev–Trinajstić information content (AvgIpc) is 2.44. The highest BCUT2D eigenvalue weighted by Gasteiger charge is 2.30. The van der Waals surface area contributed by atoms with Crippen LogP contribution >= 0.6 is 0 Å². The Balaban J connectivity index is 2.69. The smallest absolute Gasteiger partial charge is 0.304 e. The molecule has 0 bridgehead atoms. The fourth-order valence-corrected chi connectivity index (χ4v) is 1.77. The average molecular weight is 308 g/mol. The van der Waals surface area contributed by atoms with Gasteiger partial charge in [-0.05, 0) is 24.3 Å². The van der Waals surface area contributed by atoms with Crippen LogP contribution in [0.3, 0.4) is 0 Å². The molecule has 0 aliphatic heterocycles. The fourth-order valence-electron chi connectivity index (χ4n) is 1.77. The van der Waals surface area contributed by atoms with E-state index in [0.29, 0.717) is 11.3 Å². The Hall–Kier alpha value is -2.44. The van der Waals surface area contributed by atoms with E-state index < -0.39 is 17.4 Å². The van der Waals surface area contributed by atoms with Gasteiger partial charge in [0.15, 0.2) is 5.78 Å². The fraction of sp³-hybridized carbons (Fsp3) is 0.467. The van der Waals surface area contributed by atoms with E-state index in [4.69, 9.17) is 5.11 Å². The molecule has 22 heavy (non-hydrogen) atoms. The molecule has 0 aromatic heterocycles. The lowest BCUT2D eigenvalue weighted by Crippen LogP contribution is -2.38. The van der Waals surface area contributed by atoms with E-state index in [9.17, 15) is 19.7 Å². The van der Waals surface area contributed by atoms with E-state index in [0.717, 1.165) is 0 Å². The zero-order valence-corrected chi connectivity index (χ0v) is 12.8. The number of nitro groups is 1. The SMILES string of the molecule is CC(CC(=O)O)C(=O)c1ccc(NCC(C)(C)[N+](=O)[O-])cc1. The molecular formula is C15H20N2O5. The summed E-state index contributed by atoms with van der Waals surface area (Å²) in [6.45, 7) is 4.77. The number of nitrogens with zero attached hydrogens (tertiary/aromatic N) is 1. The minimum atomic E-state index is -1.09. The van der Waals surface area contributed by atoms with Crippen molar-refractivity contribution in [2.45, 2.75) is 32.7 Å². The van der Waals surface area contributed by atoms with E-state index in [-0.39, 0.29) is 23.7 Å². The van der Waals surface area contributed by atoms with Crippen LogP contribution < -0.4 is 5.32 Å². The molecule has 0 fully saturated rings. The first-order valence-electron chi connectivity index (χ1n) is 6.88. The van der Waals surface area contributed by atoms with Crippen LogP contribution in [0.25, 0.3) is 0 Å². The number of anilines is 1. The number of Topliss-reactive ketones (excluding diaryl/α,β-unsaturated/α-hetero) is 1. The maximum absolute atomic E-state index is 12.0. The molecule has 7 heteroatoms. The van der Waals surface area contributed by atoms with Crippen molar-refractivity contribution in [3.63, 3.8) is 0 Å². The number of nitrogens with one attached hydrogen (secondary N) is 1. The molecule has 0 saturated heterocycles. The Morgan fingerprint density at radius 3 is 2.32 bits per heavy atom. The second kappa shape index (κ2) is 7.02. The van der Waals surface area contributed by atoms with Crippen molar-refractivity contribution in [3.05, 3.63) is 39.9 Å². The minimum Gasteiger partial charge on any atom is -0.481 e. The van der Waals surface area contributed by atoms with E-state index in [1.807, 2.05) is 0 Å². The van der Waals surface area contributed by atoms with Gasteiger partial charge in [0.2, 0.25) is 5.54 Å². The number of hydrogen-bond acceptors (Lipinski definition) is 5. The summed E-state index contributed by atoms with van der Waals surface area (Å²) in [4.78, 5) is 33.1. The number of benzene rings is 1. The number of carboxylic acid groups (broad SMARTS) is 1. The highest BCUT2D eigenvalue weighted by molar-refractivity contribution is 5.99. The molecule has 1 atom stereocenters. The third-order valence-corrected chi connectivity index (χ3v) is 3.32. The van der Waals surface area contributed by atoms with Gasteiger partial charge in [-0.25, -0.2) is 0 Å². The summed E-state index contributed by atoms with van der Waals surface area (Å²) in [5.41, 5.74) is -0.00462. The van der Waals surface area contributed by atoms with Gasteiger partial charge in [0.05, 0.1) is 13.0 Å². The first-order chi connectivity index (χ1) is 10.1. The number of carbonyl (C=O) groups is 2. The van der Waals surface area contributed by atoms with Gasteiger partial charge < -0.3 is 10.4 Å². The lowest BCUT2D eigenvalue weighted by Gasteiger charge is -2.17. The molecule has 120 valence electrons. The van der Waals surface area contributed by atoms with Crippen molar-refractivity contribution in [2.24, 2.45) is 5.92 Å². The highest BCUT2D eigenvalue weighted by Crippen LogP contribution is 2.17. The number of ketones is 1. The van der Waals surface area contributed by atoms with Crippen molar-refractivity contribution in [1.29, 1.82) is 0 Å². The summed E-state index contributed by atoms with van der Waals surface area (Å²) in [6.07, 6.45) is -0.212. The summed E-state index contributed by atoms with van der Waals surface area (Å²) in [7, 11) is 0. The third-order valence-electron chi connectivity index (χ3n) is 3.32. The number of rotatable bonds is 8. The summed E-state index contributed by atoms with van der Waals surface area (Å²) in [5.74, 6) is -1.84. The molecule has 2 N–H and O–H groups in total. The molecule has 7 nitrogen and oxygen atoms in total. The molecule has 1 rings (SSSR count). The van der Waals surface area contributed by atoms with Gasteiger partial charge in [-0.3, -0.25) is 19.7 Å². The molecule has 0 saturated carbocycles. The molecule has 0 heterocycles. The minimum absolute atomic E-state index is 0.155. The van der Waals surface area contributed by atoms with Crippen LogP contribution in [0.5, 0.6) is 0 Å².